The minimum Gasteiger partial charge on any atom is -0.312 e. The molecule has 1 unspecified atom stereocenters. The second-order valence-corrected chi connectivity index (χ2v) is 6.88. The maximum Gasteiger partial charge on any atom is 0.230 e. The number of piperazine rings is 1. The third kappa shape index (κ3) is 4.98. The molecule has 1 aliphatic heterocycles. The van der Waals surface area contributed by atoms with E-state index in [-0.39, 0.29) is 24.1 Å². The number of nitrogens with zero attached hydrogens (tertiary/aromatic N) is 3. The predicted molar refractivity (Wildman–Crippen MR) is 101 cm³/mol. The van der Waals surface area contributed by atoms with Crippen molar-refractivity contribution in [2.45, 2.75) is 26.4 Å². The number of nitrogens with one attached hydrogen (secondary N) is 1. The van der Waals surface area contributed by atoms with E-state index in [2.05, 4.69) is 22.1 Å². The summed E-state index contributed by atoms with van der Waals surface area (Å²) >= 11 is 1.43. The van der Waals surface area contributed by atoms with Crippen LogP contribution in [0.3, 0.4) is 0 Å². The molecule has 1 fully saturated rings. The van der Waals surface area contributed by atoms with Gasteiger partial charge in [-0.05, 0) is 31.2 Å². The van der Waals surface area contributed by atoms with Crippen LogP contribution in [0.4, 0.5) is 15.2 Å². The molecule has 1 aliphatic rings. The van der Waals surface area contributed by atoms with Crippen molar-refractivity contribution in [1.82, 2.24) is 15.2 Å². The maximum absolute atomic E-state index is 13.1. The Hall–Kier alpha value is -1.54. The summed E-state index contributed by atoms with van der Waals surface area (Å²) in [5, 5.41) is 6.02. The van der Waals surface area contributed by atoms with E-state index in [4.69, 9.17) is 0 Å². The maximum atomic E-state index is 13.1. The minimum absolute atomic E-state index is 0. The van der Waals surface area contributed by atoms with Crippen molar-refractivity contribution >= 4 is 40.5 Å². The van der Waals surface area contributed by atoms with Gasteiger partial charge in [0.05, 0.1) is 11.4 Å². The van der Waals surface area contributed by atoms with Gasteiger partial charge >= 0.3 is 0 Å². The Balaban J connectivity index is 0.00000225. The molecular formula is C17H22ClFN4OS. The van der Waals surface area contributed by atoms with Gasteiger partial charge in [-0.2, -0.15) is 0 Å². The molecule has 1 amide bonds. The molecule has 1 N–H and O–H groups in total. The van der Waals surface area contributed by atoms with Crippen LogP contribution in [0.15, 0.2) is 29.6 Å². The molecule has 1 atom stereocenters. The van der Waals surface area contributed by atoms with Gasteiger partial charge in [-0.1, -0.05) is 0 Å². The Kier molecular flexibility index (Phi) is 6.89. The van der Waals surface area contributed by atoms with Crippen LogP contribution in [-0.2, 0) is 11.3 Å². The first-order chi connectivity index (χ1) is 11.5. The quantitative estimate of drug-likeness (QED) is 0.879. The van der Waals surface area contributed by atoms with E-state index in [1.54, 1.807) is 12.1 Å². The molecule has 3 rings (SSSR count). The first-order valence-corrected chi connectivity index (χ1v) is 8.87. The SMILES string of the molecule is CC(=O)N(c1ccc(F)cc1)c1nc(CN2CCNC(C)C2)cs1.Cl. The molecule has 2 aromatic rings. The minimum atomic E-state index is -0.324. The number of thiazole rings is 1. The van der Waals surface area contributed by atoms with Crippen LogP contribution in [0, 0.1) is 5.82 Å². The Morgan fingerprint density at radius 1 is 1.44 bits per heavy atom. The van der Waals surface area contributed by atoms with Crippen molar-refractivity contribution in [2.24, 2.45) is 0 Å². The fourth-order valence-corrected chi connectivity index (χ4v) is 3.75. The highest BCUT2D eigenvalue weighted by Gasteiger charge is 2.20. The number of amides is 1. The summed E-state index contributed by atoms with van der Waals surface area (Å²) in [4.78, 5) is 20.5. The van der Waals surface area contributed by atoms with E-state index >= 15 is 0 Å². The van der Waals surface area contributed by atoms with Gasteiger partial charge in [0.1, 0.15) is 5.82 Å². The van der Waals surface area contributed by atoms with Gasteiger partial charge < -0.3 is 5.32 Å². The van der Waals surface area contributed by atoms with E-state index < -0.39 is 0 Å². The van der Waals surface area contributed by atoms with Gasteiger partial charge in [0.15, 0.2) is 5.13 Å². The molecule has 136 valence electrons. The number of aromatic nitrogens is 1. The zero-order chi connectivity index (χ0) is 17.1. The second kappa shape index (κ2) is 8.71. The largest absolute Gasteiger partial charge is 0.312 e. The van der Waals surface area contributed by atoms with Gasteiger partial charge in [0.2, 0.25) is 5.91 Å². The molecule has 25 heavy (non-hydrogen) atoms. The van der Waals surface area contributed by atoms with Crippen molar-refractivity contribution in [3.63, 3.8) is 0 Å². The highest BCUT2D eigenvalue weighted by molar-refractivity contribution is 7.14. The van der Waals surface area contributed by atoms with Crippen LogP contribution < -0.4 is 10.2 Å². The first-order valence-electron chi connectivity index (χ1n) is 7.99. The van der Waals surface area contributed by atoms with Crippen LogP contribution in [0.1, 0.15) is 19.5 Å². The second-order valence-electron chi connectivity index (χ2n) is 6.04. The Morgan fingerprint density at radius 3 is 2.80 bits per heavy atom. The Labute approximate surface area is 157 Å². The van der Waals surface area contributed by atoms with Crippen LogP contribution in [0.2, 0.25) is 0 Å². The number of rotatable bonds is 4. The van der Waals surface area contributed by atoms with Gasteiger partial charge in [-0.25, -0.2) is 9.37 Å². The fraction of sp³-hybridized carbons (Fsp3) is 0.412. The van der Waals surface area contributed by atoms with Crippen molar-refractivity contribution in [1.29, 1.82) is 0 Å². The third-order valence-corrected chi connectivity index (χ3v) is 4.84. The lowest BCUT2D eigenvalue weighted by atomic mass is 10.2. The summed E-state index contributed by atoms with van der Waals surface area (Å²) in [6, 6.07) is 6.36. The lowest BCUT2D eigenvalue weighted by molar-refractivity contribution is -0.115. The highest BCUT2D eigenvalue weighted by atomic mass is 35.5. The zero-order valence-electron chi connectivity index (χ0n) is 14.2. The summed E-state index contributed by atoms with van der Waals surface area (Å²) in [6.45, 7) is 7.39. The highest BCUT2D eigenvalue weighted by Crippen LogP contribution is 2.29. The number of hydrogen-bond acceptors (Lipinski definition) is 5. The van der Waals surface area contributed by atoms with Crippen molar-refractivity contribution in [3.05, 3.63) is 41.2 Å². The smallest absolute Gasteiger partial charge is 0.230 e. The van der Waals surface area contributed by atoms with Crippen LogP contribution in [-0.4, -0.2) is 41.5 Å². The van der Waals surface area contributed by atoms with Gasteiger partial charge in [-0.15, -0.1) is 23.7 Å². The molecule has 8 heteroatoms. The monoisotopic (exact) mass is 384 g/mol. The van der Waals surface area contributed by atoms with E-state index in [1.165, 1.54) is 35.3 Å². The van der Waals surface area contributed by atoms with E-state index in [0.717, 1.165) is 31.9 Å². The molecule has 1 aromatic carbocycles. The van der Waals surface area contributed by atoms with Crippen molar-refractivity contribution in [3.8, 4) is 0 Å². The van der Waals surface area contributed by atoms with E-state index in [0.29, 0.717) is 16.9 Å². The number of hydrogen-bond donors (Lipinski definition) is 1. The average molecular weight is 385 g/mol. The van der Waals surface area contributed by atoms with Crippen molar-refractivity contribution in [2.75, 3.05) is 24.5 Å². The third-order valence-electron chi connectivity index (χ3n) is 3.97. The molecular weight excluding hydrogens is 363 g/mol. The molecule has 1 aromatic heterocycles. The number of anilines is 2. The molecule has 0 spiro atoms. The van der Waals surface area contributed by atoms with Gasteiger partial charge in [-0.3, -0.25) is 14.6 Å². The zero-order valence-corrected chi connectivity index (χ0v) is 15.9. The number of halogens is 2. The summed E-state index contributed by atoms with van der Waals surface area (Å²) in [5.74, 6) is -0.465. The van der Waals surface area contributed by atoms with Gasteiger partial charge in [0.25, 0.3) is 0 Å². The van der Waals surface area contributed by atoms with Crippen LogP contribution in [0.5, 0.6) is 0 Å². The van der Waals surface area contributed by atoms with Crippen LogP contribution in [0.25, 0.3) is 0 Å². The summed E-state index contributed by atoms with van der Waals surface area (Å²) in [5.41, 5.74) is 1.58. The van der Waals surface area contributed by atoms with E-state index in [9.17, 15) is 9.18 Å². The number of carbonyl (C=O) groups is 1. The number of carbonyl (C=O) groups excluding carboxylic acids is 1. The topological polar surface area (TPSA) is 48.5 Å². The standard InChI is InChI=1S/C17H21FN4OS.ClH/c1-12-9-21(8-7-19-12)10-15-11-24-17(20-15)22(13(2)23)16-5-3-14(18)4-6-16;/h3-6,11-12,19H,7-10H2,1-2H3;1H. The molecule has 0 saturated carbocycles. The molecule has 0 radical (unpaired) electrons. The van der Waals surface area contributed by atoms with Gasteiger partial charge in [0, 0.05) is 44.5 Å². The predicted octanol–water partition coefficient (Wildman–Crippen LogP) is 3.18. The fourth-order valence-electron chi connectivity index (χ4n) is 2.87. The summed E-state index contributed by atoms with van der Waals surface area (Å²) < 4.78 is 13.1. The summed E-state index contributed by atoms with van der Waals surface area (Å²) in [7, 11) is 0. The molecule has 0 aliphatic carbocycles. The van der Waals surface area contributed by atoms with E-state index in [1.807, 2.05) is 5.38 Å². The lowest BCUT2D eigenvalue weighted by Crippen LogP contribution is -2.48. The lowest BCUT2D eigenvalue weighted by Gasteiger charge is -2.31. The number of benzene rings is 1. The molecule has 0 bridgehead atoms. The molecule has 1 saturated heterocycles. The Morgan fingerprint density at radius 2 is 2.16 bits per heavy atom. The summed E-state index contributed by atoms with van der Waals surface area (Å²) in [6.07, 6.45) is 0. The normalized spacial score (nSPS) is 17.8. The average Bonchev–Trinajstić information content (AvgIpc) is 2.97. The molecule has 2 heterocycles. The molecule has 5 nitrogen and oxygen atoms in total. The van der Waals surface area contributed by atoms with Crippen molar-refractivity contribution < 1.29 is 9.18 Å². The van der Waals surface area contributed by atoms with Crippen LogP contribution >= 0.6 is 23.7 Å². The first kappa shape index (κ1) is 19.8. The Bertz CT molecular complexity index is 709.